The molecule has 2 aromatic carbocycles. The lowest BCUT2D eigenvalue weighted by atomic mass is 10.1. The van der Waals surface area contributed by atoms with Crippen LogP contribution in [0.15, 0.2) is 42.5 Å². The molecule has 2 rings (SSSR count). The highest BCUT2D eigenvalue weighted by Crippen LogP contribution is 2.17. The molecule has 0 heterocycles. The number of para-hydroxylation sites is 1. The maximum atomic E-state index is 12.1. The Bertz CT molecular complexity index is 674. The lowest BCUT2D eigenvalue weighted by Crippen LogP contribution is -2.22. The van der Waals surface area contributed by atoms with Gasteiger partial charge in [0.05, 0.1) is 0 Å². The van der Waals surface area contributed by atoms with Crippen LogP contribution in [-0.4, -0.2) is 19.1 Å². The van der Waals surface area contributed by atoms with Gasteiger partial charge in [-0.1, -0.05) is 31.2 Å². The Morgan fingerprint density at radius 3 is 2.54 bits per heavy atom. The third kappa shape index (κ3) is 5.87. The lowest BCUT2D eigenvalue weighted by molar-refractivity contribution is -0.118. The first-order chi connectivity index (χ1) is 11.1. The number of amides is 1. The number of carbonyl (C=O) groups excluding carboxylic acids is 1. The number of rotatable bonds is 7. The van der Waals surface area contributed by atoms with E-state index < -0.39 is 0 Å². The molecular formula is C19H25ClN2O2. The first kappa shape index (κ1) is 20.0. The lowest BCUT2D eigenvalue weighted by Gasteiger charge is -2.12. The molecular weight excluding hydrogens is 324 g/mol. The van der Waals surface area contributed by atoms with E-state index in [4.69, 9.17) is 4.74 Å². The fourth-order valence-electron chi connectivity index (χ4n) is 2.19. The molecule has 0 saturated heterocycles. The molecule has 0 atom stereocenters. The third-order valence-corrected chi connectivity index (χ3v) is 3.71. The smallest absolute Gasteiger partial charge is 0.262 e. The molecule has 0 aliphatic rings. The van der Waals surface area contributed by atoms with Gasteiger partial charge in [0.15, 0.2) is 6.61 Å². The second-order valence-corrected chi connectivity index (χ2v) is 5.52. The number of aryl methyl sites for hydroxylation is 2. The van der Waals surface area contributed by atoms with Gasteiger partial charge in [0.25, 0.3) is 5.91 Å². The number of benzene rings is 2. The van der Waals surface area contributed by atoms with Crippen molar-refractivity contribution in [2.45, 2.75) is 27.3 Å². The highest BCUT2D eigenvalue weighted by Gasteiger charge is 2.07. The predicted octanol–water partition coefficient (Wildman–Crippen LogP) is 3.85. The van der Waals surface area contributed by atoms with Crippen molar-refractivity contribution in [3.05, 3.63) is 59.2 Å². The highest BCUT2D eigenvalue weighted by atomic mass is 35.5. The van der Waals surface area contributed by atoms with E-state index in [9.17, 15) is 4.79 Å². The highest BCUT2D eigenvalue weighted by molar-refractivity contribution is 5.92. The Balaban J connectivity index is 0.00000288. The van der Waals surface area contributed by atoms with Crippen molar-refractivity contribution in [2.75, 3.05) is 18.5 Å². The van der Waals surface area contributed by atoms with Gasteiger partial charge in [0, 0.05) is 12.2 Å². The summed E-state index contributed by atoms with van der Waals surface area (Å²) in [6.45, 7) is 7.74. The quantitative estimate of drug-likeness (QED) is 0.799. The van der Waals surface area contributed by atoms with Crippen LogP contribution in [-0.2, 0) is 11.3 Å². The van der Waals surface area contributed by atoms with E-state index in [0.717, 1.165) is 29.9 Å². The number of carbonyl (C=O) groups is 1. The normalized spacial score (nSPS) is 9.96. The van der Waals surface area contributed by atoms with Crippen molar-refractivity contribution in [3.63, 3.8) is 0 Å². The van der Waals surface area contributed by atoms with Crippen LogP contribution in [0.25, 0.3) is 0 Å². The topological polar surface area (TPSA) is 50.4 Å². The Hall–Kier alpha value is -2.04. The Morgan fingerprint density at radius 2 is 1.83 bits per heavy atom. The maximum Gasteiger partial charge on any atom is 0.262 e. The number of ether oxygens (including phenoxy) is 1. The van der Waals surface area contributed by atoms with E-state index in [2.05, 4.69) is 17.6 Å². The van der Waals surface area contributed by atoms with Gasteiger partial charge in [-0.25, -0.2) is 0 Å². The van der Waals surface area contributed by atoms with Crippen LogP contribution in [0, 0.1) is 13.8 Å². The summed E-state index contributed by atoms with van der Waals surface area (Å²) in [5, 5.41) is 6.18. The van der Waals surface area contributed by atoms with E-state index in [1.165, 1.54) is 5.56 Å². The molecule has 0 fully saturated rings. The zero-order valence-corrected chi connectivity index (χ0v) is 15.2. The minimum absolute atomic E-state index is 0. The number of hydrogen-bond acceptors (Lipinski definition) is 3. The van der Waals surface area contributed by atoms with Crippen LogP contribution in [0.2, 0.25) is 0 Å². The van der Waals surface area contributed by atoms with Gasteiger partial charge < -0.3 is 15.4 Å². The Morgan fingerprint density at radius 1 is 1.08 bits per heavy atom. The van der Waals surface area contributed by atoms with Crippen molar-refractivity contribution < 1.29 is 9.53 Å². The molecule has 0 radical (unpaired) electrons. The minimum Gasteiger partial charge on any atom is -0.484 e. The number of halogens is 1. The van der Waals surface area contributed by atoms with Gasteiger partial charge in [-0.2, -0.15) is 0 Å². The molecule has 0 bridgehead atoms. The largest absolute Gasteiger partial charge is 0.484 e. The van der Waals surface area contributed by atoms with Crippen LogP contribution in [0.1, 0.15) is 23.6 Å². The SMILES string of the molecule is CCNCc1ccccc1NC(=O)COc1ccc(C)c(C)c1.Cl. The van der Waals surface area contributed by atoms with Crippen LogP contribution in [0.4, 0.5) is 5.69 Å². The van der Waals surface area contributed by atoms with E-state index in [0.29, 0.717) is 5.75 Å². The summed E-state index contributed by atoms with van der Waals surface area (Å²) in [7, 11) is 0. The summed E-state index contributed by atoms with van der Waals surface area (Å²) in [5.41, 5.74) is 4.24. The first-order valence-corrected chi connectivity index (χ1v) is 7.88. The summed E-state index contributed by atoms with van der Waals surface area (Å²) in [6, 6.07) is 13.6. The standard InChI is InChI=1S/C19H24N2O2.ClH/c1-4-20-12-16-7-5-6-8-18(16)21-19(22)13-23-17-10-9-14(2)15(3)11-17;/h5-11,20H,4,12-13H2,1-3H3,(H,21,22);1H. The van der Waals surface area contributed by atoms with Gasteiger partial charge in [-0.3, -0.25) is 4.79 Å². The van der Waals surface area contributed by atoms with Crippen molar-refractivity contribution in [1.29, 1.82) is 0 Å². The summed E-state index contributed by atoms with van der Waals surface area (Å²) in [6.07, 6.45) is 0. The fraction of sp³-hybridized carbons (Fsp3) is 0.316. The van der Waals surface area contributed by atoms with Crippen molar-refractivity contribution in [3.8, 4) is 5.75 Å². The third-order valence-electron chi connectivity index (χ3n) is 3.71. The molecule has 0 saturated carbocycles. The van der Waals surface area contributed by atoms with Crippen LogP contribution in [0.3, 0.4) is 0 Å². The van der Waals surface area contributed by atoms with Gasteiger partial charge in [0.2, 0.25) is 0 Å². The Labute approximate surface area is 150 Å². The van der Waals surface area contributed by atoms with Gasteiger partial charge in [-0.15, -0.1) is 12.4 Å². The summed E-state index contributed by atoms with van der Waals surface area (Å²) >= 11 is 0. The minimum atomic E-state index is -0.160. The molecule has 0 aliphatic heterocycles. The van der Waals surface area contributed by atoms with Crippen LogP contribution in [0.5, 0.6) is 5.75 Å². The second kappa shape index (κ2) is 9.96. The molecule has 2 N–H and O–H groups in total. The van der Waals surface area contributed by atoms with E-state index in [-0.39, 0.29) is 24.9 Å². The first-order valence-electron chi connectivity index (χ1n) is 7.88. The zero-order valence-electron chi connectivity index (χ0n) is 14.4. The van der Waals surface area contributed by atoms with E-state index >= 15 is 0 Å². The number of hydrogen-bond donors (Lipinski definition) is 2. The summed E-state index contributed by atoms with van der Waals surface area (Å²) < 4.78 is 5.57. The van der Waals surface area contributed by atoms with Crippen molar-refractivity contribution in [1.82, 2.24) is 5.32 Å². The maximum absolute atomic E-state index is 12.1. The number of nitrogens with one attached hydrogen (secondary N) is 2. The molecule has 0 aromatic heterocycles. The second-order valence-electron chi connectivity index (χ2n) is 5.52. The molecule has 4 nitrogen and oxygen atoms in total. The molecule has 130 valence electrons. The molecule has 2 aromatic rings. The molecule has 0 unspecified atom stereocenters. The Kier molecular flexibility index (Phi) is 8.30. The predicted molar refractivity (Wildman–Crippen MR) is 101 cm³/mol. The van der Waals surface area contributed by atoms with E-state index in [1.807, 2.05) is 56.3 Å². The van der Waals surface area contributed by atoms with Crippen LogP contribution < -0.4 is 15.4 Å². The van der Waals surface area contributed by atoms with Gasteiger partial charge in [0.1, 0.15) is 5.75 Å². The summed E-state index contributed by atoms with van der Waals surface area (Å²) in [4.78, 5) is 12.1. The fourth-order valence-corrected chi connectivity index (χ4v) is 2.19. The average Bonchev–Trinajstić information content (AvgIpc) is 2.55. The molecule has 1 amide bonds. The van der Waals surface area contributed by atoms with Gasteiger partial charge in [-0.05, 0) is 55.3 Å². The molecule has 0 spiro atoms. The van der Waals surface area contributed by atoms with E-state index in [1.54, 1.807) is 0 Å². The van der Waals surface area contributed by atoms with Crippen LogP contribution >= 0.6 is 12.4 Å². The average molecular weight is 349 g/mol. The molecule has 5 heteroatoms. The zero-order chi connectivity index (χ0) is 16.7. The summed E-state index contributed by atoms with van der Waals surface area (Å²) in [5.74, 6) is 0.552. The monoisotopic (exact) mass is 348 g/mol. The number of anilines is 1. The van der Waals surface area contributed by atoms with Crippen molar-refractivity contribution >= 4 is 24.0 Å². The van der Waals surface area contributed by atoms with Gasteiger partial charge >= 0.3 is 0 Å². The molecule has 0 aliphatic carbocycles. The van der Waals surface area contributed by atoms with Crippen molar-refractivity contribution in [2.24, 2.45) is 0 Å². The molecule has 24 heavy (non-hydrogen) atoms.